The van der Waals surface area contributed by atoms with Crippen molar-refractivity contribution in [1.29, 1.82) is 0 Å². The number of nitrogens with zero attached hydrogens (tertiary/aromatic N) is 2. The molecule has 4 rings (SSSR count). The lowest BCUT2D eigenvalue weighted by molar-refractivity contribution is -0.116. The first-order valence-electron chi connectivity index (χ1n) is 8.88. The third-order valence-electron chi connectivity index (χ3n) is 4.91. The highest BCUT2D eigenvalue weighted by molar-refractivity contribution is 8.01. The van der Waals surface area contributed by atoms with Crippen LogP contribution in [0.3, 0.4) is 0 Å². The summed E-state index contributed by atoms with van der Waals surface area (Å²) in [5, 5.41) is 3.06. The first-order valence-corrected chi connectivity index (χ1v) is 9.76. The number of rotatable bonds is 4. The lowest BCUT2D eigenvalue weighted by Gasteiger charge is -2.36. The van der Waals surface area contributed by atoms with E-state index in [1.54, 1.807) is 11.8 Å². The van der Waals surface area contributed by atoms with Gasteiger partial charge in [-0.3, -0.25) is 9.69 Å². The lowest BCUT2D eigenvalue weighted by atomic mass is 10.2. The third kappa shape index (κ3) is 3.83. The van der Waals surface area contributed by atoms with Crippen LogP contribution in [0.5, 0.6) is 0 Å². The van der Waals surface area contributed by atoms with Crippen LogP contribution in [0.2, 0.25) is 0 Å². The van der Waals surface area contributed by atoms with Crippen LogP contribution in [0.25, 0.3) is 0 Å². The van der Waals surface area contributed by atoms with E-state index in [1.807, 2.05) is 18.2 Å². The molecule has 0 bridgehead atoms. The Labute approximate surface area is 153 Å². The third-order valence-corrected chi connectivity index (χ3v) is 6.25. The minimum absolute atomic E-state index is 0.0158. The normalized spacial score (nSPS) is 20.9. The monoisotopic (exact) mass is 353 g/mol. The minimum atomic E-state index is 0.0158. The zero-order valence-electron chi connectivity index (χ0n) is 14.2. The molecule has 2 aliphatic rings. The summed E-state index contributed by atoms with van der Waals surface area (Å²) in [7, 11) is 0. The summed E-state index contributed by atoms with van der Waals surface area (Å²) in [5.41, 5.74) is 2.26. The fourth-order valence-corrected chi connectivity index (χ4v) is 4.55. The molecule has 0 saturated carbocycles. The average Bonchev–Trinajstić information content (AvgIpc) is 2.67. The Morgan fingerprint density at radius 3 is 2.48 bits per heavy atom. The van der Waals surface area contributed by atoms with Crippen molar-refractivity contribution < 1.29 is 4.79 Å². The number of amides is 1. The lowest BCUT2D eigenvalue weighted by Crippen LogP contribution is -2.47. The van der Waals surface area contributed by atoms with Gasteiger partial charge in [-0.25, -0.2) is 0 Å². The van der Waals surface area contributed by atoms with Crippen molar-refractivity contribution in [1.82, 2.24) is 4.90 Å². The molecule has 1 saturated heterocycles. The van der Waals surface area contributed by atoms with E-state index in [4.69, 9.17) is 0 Å². The topological polar surface area (TPSA) is 35.6 Å². The molecule has 2 aliphatic heterocycles. The standard InChI is InChI=1S/C20H23N3OS/c24-20-19(25-18-9-5-4-8-17(18)21-20)10-11-22-12-14-23(15-13-22)16-6-2-1-3-7-16/h1-9,19H,10-15H2,(H,21,24). The Hall–Kier alpha value is -1.98. The van der Waals surface area contributed by atoms with Crippen molar-refractivity contribution in [2.24, 2.45) is 0 Å². The van der Waals surface area contributed by atoms with Crippen LogP contribution in [0.4, 0.5) is 11.4 Å². The number of hydrogen-bond acceptors (Lipinski definition) is 4. The van der Waals surface area contributed by atoms with E-state index < -0.39 is 0 Å². The molecule has 25 heavy (non-hydrogen) atoms. The quantitative estimate of drug-likeness (QED) is 0.915. The molecule has 0 radical (unpaired) electrons. The molecule has 1 amide bonds. The summed E-state index contributed by atoms with van der Waals surface area (Å²) >= 11 is 1.70. The van der Waals surface area contributed by atoms with Gasteiger partial charge in [0.05, 0.1) is 10.9 Å². The van der Waals surface area contributed by atoms with Gasteiger partial charge in [0.2, 0.25) is 5.91 Å². The highest BCUT2D eigenvalue weighted by atomic mass is 32.2. The number of fused-ring (bicyclic) bond motifs is 1. The van der Waals surface area contributed by atoms with Crippen LogP contribution in [0.1, 0.15) is 6.42 Å². The van der Waals surface area contributed by atoms with Crippen molar-refractivity contribution in [3.8, 4) is 0 Å². The van der Waals surface area contributed by atoms with Gasteiger partial charge in [0, 0.05) is 36.8 Å². The van der Waals surface area contributed by atoms with E-state index in [2.05, 4.69) is 51.5 Å². The number of nitrogens with one attached hydrogen (secondary N) is 1. The van der Waals surface area contributed by atoms with Gasteiger partial charge in [0.1, 0.15) is 0 Å². The SMILES string of the molecule is O=C1Nc2ccccc2SC1CCN1CCN(c2ccccc2)CC1. The Morgan fingerprint density at radius 2 is 1.68 bits per heavy atom. The maximum atomic E-state index is 12.3. The summed E-state index contributed by atoms with van der Waals surface area (Å²) in [6.45, 7) is 5.21. The predicted octanol–water partition coefficient (Wildman–Crippen LogP) is 3.31. The molecular formula is C20H23N3OS. The molecule has 0 aromatic heterocycles. The molecule has 2 heterocycles. The van der Waals surface area contributed by atoms with E-state index in [9.17, 15) is 4.79 Å². The Balaban J connectivity index is 1.28. The summed E-state index contributed by atoms with van der Waals surface area (Å²) in [6, 6.07) is 18.7. The van der Waals surface area contributed by atoms with Gasteiger partial charge in [-0.05, 0) is 37.2 Å². The number of benzene rings is 2. The van der Waals surface area contributed by atoms with Gasteiger partial charge in [-0.1, -0.05) is 30.3 Å². The van der Waals surface area contributed by atoms with Gasteiger partial charge in [0.15, 0.2) is 0 Å². The Kier molecular flexibility index (Phi) is 4.95. The highest BCUT2D eigenvalue weighted by Gasteiger charge is 2.27. The zero-order chi connectivity index (χ0) is 17.1. The van der Waals surface area contributed by atoms with Crippen molar-refractivity contribution in [2.75, 3.05) is 42.9 Å². The van der Waals surface area contributed by atoms with Gasteiger partial charge >= 0.3 is 0 Å². The molecule has 1 fully saturated rings. The highest BCUT2D eigenvalue weighted by Crippen LogP contribution is 2.36. The number of carbonyl (C=O) groups is 1. The zero-order valence-corrected chi connectivity index (χ0v) is 15.0. The predicted molar refractivity (Wildman–Crippen MR) is 104 cm³/mol. The second-order valence-electron chi connectivity index (χ2n) is 6.54. The second kappa shape index (κ2) is 7.50. The smallest absolute Gasteiger partial charge is 0.237 e. The second-order valence-corrected chi connectivity index (χ2v) is 7.79. The molecule has 1 N–H and O–H groups in total. The number of carbonyl (C=O) groups excluding carboxylic acids is 1. The van der Waals surface area contributed by atoms with E-state index in [0.29, 0.717) is 0 Å². The van der Waals surface area contributed by atoms with Crippen LogP contribution < -0.4 is 10.2 Å². The number of piperazine rings is 1. The van der Waals surface area contributed by atoms with Crippen LogP contribution >= 0.6 is 11.8 Å². The molecule has 2 aromatic rings. The van der Waals surface area contributed by atoms with Crippen LogP contribution in [0.15, 0.2) is 59.5 Å². The van der Waals surface area contributed by atoms with Crippen molar-refractivity contribution in [3.05, 3.63) is 54.6 Å². The fourth-order valence-electron chi connectivity index (χ4n) is 3.45. The first kappa shape index (κ1) is 16.5. The average molecular weight is 353 g/mol. The molecule has 130 valence electrons. The van der Waals surface area contributed by atoms with Gasteiger partial charge in [0.25, 0.3) is 0 Å². The summed E-state index contributed by atoms with van der Waals surface area (Å²) in [6.07, 6.45) is 0.899. The number of para-hydroxylation sites is 2. The van der Waals surface area contributed by atoms with Crippen molar-refractivity contribution in [2.45, 2.75) is 16.6 Å². The van der Waals surface area contributed by atoms with Crippen LogP contribution in [-0.4, -0.2) is 48.8 Å². The number of anilines is 2. The summed E-state index contributed by atoms with van der Waals surface area (Å²) < 4.78 is 0. The largest absolute Gasteiger partial charge is 0.369 e. The minimum Gasteiger partial charge on any atom is -0.369 e. The van der Waals surface area contributed by atoms with E-state index in [0.717, 1.165) is 44.8 Å². The first-order chi connectivity index (χ1) is 12.3. The van der Waals surface area contributed by atoms with E-state index >= 15 is 0 Å². The van der Waals surface area contributed by atoms with Gasteiger partial charge in [-0.15, -0.1) is 11.8 Å². The van der Waals surface area contributed by atoms with Crippen LogP contribution in [-0.2, 0) is 4.79 Å². The number of hydrogen-bond donors (Lipinski definition) is 1. The molecule has 4 nitrogen and oxygen atoms in total. The molecule has 1 atom stereocenters. The number of thioether (sulfide) groups is 1. The van der Waals surface area contributed by atoms with Gasteiger partial charge in [-0.2, -0.15) is 0 Å². The molecular weight excluding hydrogens is 330 g/mol. The Morgan fingerprint density at radius 1 is 0.960 bits per heavy atom. The summed E-state index contributed by atoms with van der Waals surface area (Å²) in [5.74, 6) is 0.145. The maximum absolute atomic E-state index is 12.3. The molecule has 5 heteroatoms. The molecule has 0 spiro atoms. The van der Waals surface area contributed by atoms with E-state index in [-0.39, 0.29) is 11.2 Å². The van der Waals surface area contributed by atoms with Crippen molar-refractivity contribution in [3.63, 3.8) is 0 Å². The molecule has 1 unspecified atom stereocenters. The molecule has 0 aliphatic carbocycles. The fraction of sp³-hybridized carbons (Fsp3) is 0.350. The summed E-state index contributed by atoms with van der Waals surface area (Å²) in [4.78, 5) is 18.4. The molecule has 2 aromatic carbocycles. The van der Waals surface area contributed by atoms with Gasteiger partial charge < -0.3 is 10.2 Å². The maximum Gasteiger partial charge on any atom is 0.237 e. The van der Waals surface area contributed by atoms with Crippen molar-refractivity contribution >= 4 is 29.0 Å². The van der Waals surface area contributed by atoms with Crippen LogP contribution in [0, 0.1) is 0 Å². The van der Waals surface area contributed by atoms with E-state index in [1.165, 1.54) is 10.6 Å². The Bertz CT molecular complexity index is 729.